The van der Waals surface area contributed by atoms with E-state index in [1.54, 1.807) is 6.07 Å². The Kier molecular flexibility index (Phi) is 6.53. The number of nitro groups is 1. The first-order chi connectivity index (χ1) is 15.1. The molecule has 164 valence electrons. The summed E-state index contributed by atoms with van der Waals surface area (Å²) < 4.78 is 22.8. The highest BCUT2D eigenvalue weighted by molar-refractivity contribution is 7.89. The number of halogens is 1. The Morgan fingerprint density at radius 2 is 1.69 bits per heavy atom. The molecule has 0 bridgehead atoms. The zero-order valence-corrected chi connectivity index (χ0v) is 17.7. The molecule has 0 radical (unpaired) electrons. The molecule has 3 rings (SSSR count). The molecule has 0 unspecified atom stereocenters. The van der Waals surface area contributed by atoms with Gasteiger partial charge >= 0.3 is 5.97 Å². The molecule has 10 nitrogen and oxygen atoms in total. The van der Waals surface area contributed by atoms with Crippen LogP contribution in [0, 0.1) is 10.1 Å². The van der Waals surface area contributed by atoms with E-state index in [-0.39, 0.29) is 38.0 Å². The van der Waals surface area contributed by atoms with Crippen molar-refractivity contribution in [2.24, 2.45) is 10.2 Å². The summed E-state index contributed by atoms with van der Waals surface area (Å²) in [5, 5.41) is 30.1. The van der Waals surface area contributed by atoms with Gasteiger partial charge in [0, 0.05) is 17.2 Å². The minimum absolute atomic E-state index is 0.0739. The second-order valence-corrected chi connectivity index (χ2v) is 8.38. The van der Waals surface area contributed by atoms with Crippen molar-refractivity contribution in [1.82, 2.24) is 0 Å². The first-order valence-electron chi connectivity index (χ1n) is 8.81. The van der Waals surface area contributed by atoms with Crippen LogP contribution in [0.4, 0.5) is 11.4 Å². The van der Waals surface area contributed by atoms with Crippen molar-refractivity contribution in [1.29, 1.82) is 0 Å². The van der Waals surface area contributed by atoms with Crippen LogP contribution in [0.1, 0.15) is 21.5 Å². The van der Waals surface area contributed by atoms with Crippen LogP contribution >= 0.6 is 11.6 Å². The van der Waals surface area contributed by atoms with Gasteiger partial charge in [-0.3, -0.25) is 15.5 Å². The average molecular weight is 475 g/mol. The third-order valence-corrected chi connectivity index (χ3v) is 5.56. The van der Waals surface area contributed by atoms with E-state index in [0.717, 1.165) is 0 Å². The van der Waals surface area contributed by atoms with Gasteiger partial charge in [0.05, 0.1) is 26.8 Å². The Labute approximate surface area is 187 Å². The number of primary sulfonamides is 1. The standard InChI is InChI=1S/C20H15ClN4O6S/c21-17-10-5-12(11-18(17)25(28)29)19(15-3-1-2-4-16(15)20(26)27)24-23-13-6-8-14(9-7-13)32(22,30)31/h1-11,23H,(H,26,27)(H2,22,30,31). The number of hydrogen-bond acceptors (Lipinski definition) is 7. The summed E-state index contributed by atoms with van der Waals surface area (Å²) in [4.78, 5) is 22.3. The Hall–Kier alpha value is -3.80. The Bertz CT molecular complexity index is 1340. The molecular formula is C20H15ClN4O6S. The fourth-order valence-corrected chi connectivity index (χ4v) is 3.50. The van der Waals surface area contributed by atoms with Crippen LogP contribution in [0.3, 0.4) is 0 Å². The van der Waals surface area contributed by atoms with Gasteiger partial charge in [-0.25, -0.2) is 18.4 Å². The third kappa shape index (κ3) is 5.09. The summed E-state index contributed by atoms with van der Waals surface area (Å²) in [6.07, 6.45) is 0. The number of nitrogens with two attached hydrogens (primary N) is 1. The van der Waals surface area contributed by atoms with Gasteiger partial charge in [0.2, 0.25) is 10.0 Å². The van der Waals surface area contributed by atoms with E-state index in [0.29, 0.717) is 5.69 Å². The van der Waals surface area contributed by atoms with Crippen molar-refractivity contribution in [3.63, 3.8) is 0 Å². The van der Waals surface area contributed by atoms with Crippen LogP contribution in [0.15, 0.2) is 76.7 Å². The van der Waals surface area contributed by atoms with Gasteiger partial charge in [-0.05, 0) is 36.4 Å². The smallest absolute Gasteiger partial charge is 0.336 e. The molecule has 0 aliphatic carbocycles. The summed E-state index contributed by atoms with van der Waals surface area (Å²) in [6, 6.07) is 15.3. The SMILES string of the molecule is NS(=O)(=O)c1ccc(NN=C(c2ccc(Cl)c([N+](=O)[O-])c2)c2ccccc2C(=O)O)cc1. The number of carboxylic acid groups (broad SMARTS) is 1. The lowest BCUT2D eigenvalue weighted by molar-refractivity contribution is -0.384. The number of aromatic carboxylic acids is 1. The van der Waals surface area contributed by atoms with Crippen molar-refractivity contribution in [3.05, 3.63) is 98.6 Å². The number of nitrogens with one attached hydrogen (secondary N) is 1. The van der Waals surface area contributed by atoms with Crippen LogP contribution in [0.2, 0.25) is 5.02 Å². The lowest BCUT2D eigenvalue weighted by atomic mass is 9.97. The van der Waals surface area contributed by atoms with Gasteiger partial charge in [-0.2, -0.15) is 5.10 Å². The molecular weight excluding hydrogens is 460 g/mol. The van der Waals surface area contributed by atoms with Gasteiger partial charge in [-0.1, -0.05) is 35.9 Å². The number of nitro benzene ring substituents is 1. The number of rotatable bonds is 7. The van der Waals surface area contributed by atoms with Crippen LogP contribution in [0.5, 0.6) is 0 Å². The minimum atomic E-state index is -3.87. The quantitative estimate of drug-likeness (QED) is 0.268. The number of anilines is 1. The molecule has 0 fully saturated rings. The molecule has 3 aromatic carbocycles. The molecule has 0 aliphatic rings. The number of hydrazone groups is 1. The van der Waals surface area contributed by atoms with Crippen molar-refractivity contribution in [3.8, 4) is 0 Å². The van der Waals surface area contributed by atoms with E-state index in [4.69, 9.17) is 16.7 Å². The van der Waals surface area contributed by atoms with Crippen molar-refractivity contribution in [2.45, 2.75) is 4.90 Å². The lowest BCUT2D eigenvalue weighted by Crippen LogP contribution is -2.13. The number of hydrogen-bond donors (Lipinski definition) is 3. The second-order valence-electron chi connectivity index (χ2n) is 6.42. The summed E-state index contributed by atoms with van der Waals surface area (Å²) in [6.45, 7) is 0. The molecule has 32 heavy (non-hydrogen) atoms. The van der Waals surface area contributed by atoms with Gasteiger partial charge in [0.25, 0.3) is 5.69 Å². The van der Waals surface area contributed by atoms with Gasteiger partial charge in [0.15, 0.2) is 0 Å². The van der Waals surface area contributed by atoms with E-state index >= 15 is 0 Å². The summed E-state index contributed by atoms with van der Waals surface area (Å²) in [5.74, 6) is -1.21. The van der Waals surface area contributed by atoms with Crippen molar-refractivity contribution in [2.75, 3.05) is 5.43 Å². The van der Waals surface area contributed by atoms with Gasteiger partial charge in [0.1, 0.15) is 5.02 Å². The van der Waals surface area contributed by atoms with Crippen LogP contribution in [0.25, 0.3) is 0 Å². The Balaban J connectivity index is 2.12. The average Bonchev–Trinajstić information content (AvgIpc) is 2.74. The van der Waals surface area contributed by atoms with Crippen molar-refractivity contribution < 1.29 is 23.2 Å². The zero-order chi connectivity index (χ0) is 23.5. The summed E-state index contributed by atoms with van der Waals surface area (Å²) in [7, 11) is -3.87. The molecule has 3 aromatic rings. The monoisotopic (exact) mass is 474 g/mol. The maximum atomic E-state index is 11.7. The van der Waals surface area contributed by atoms with E-state index < -0.39 is 20.9 Å². The number of carbonyl (C=O) groups is 1. The van der Waals surface area contributed by atoms with Gasteiger partial charge in [-0.15, -0.1) is 0 Å². The molecule has 0 saturated heterocycles. The van der Waals surface area contributed by atoms with E-state index in [1.807, 2.05) is 0 Å². The number of benzene rings is 3. The molecule has 0 atom stereocenters. The first kappa shape index (κ1) is 22.9. The van der Waals surface area contributed by atoms with E-state index in [9.17, 15) is 28.4 Å². The zero-order valence-electron chi connectivity index (χ0n) is 16.1. The summed E-state index contributed by atoms with van der Waals surface area (Å²) in [5.41, 5.74) is 3.16. The number of nitrogens with zero attached hydrogens (tertiary/aromatic N) is 2. The van der Waals surface area contributed by atoms with Crippen LogP contribution < -0.4 is 10.6 Å². The fourth-order valence-electron chi connectivity index (χ4n) is 2.80. The van der Waals surface area contributed by atoms with Crippen LogP contribution in [-0.2, 0) is 10.0 Å². The minimum Gasteiger partial charge on any atom is -0.478 e. The number of carboxylic acids is 1. The molecule has 0 aromatic heterocycles. The largest absolute Gasteiger partial charge is 0.478 e. The first-order valence-corrected chi connectivity index (χ1v) is 10.7. The molecule has 0 amide bonds. The van der Waals surface area contributed by atoms with E-state index in [1.165, 1.54) is 60.7 Å². The predicted octanol–water partition coefficient (Wildman–Crippen LogP) is 3.46. The molecule has 0 spiro atoms. The summed E-state index contributed by atoms with van der Waals surface area (Å²) >= 11 is 5.90. The van der Waals surface area contributed by atoms with E-state index in [2.05, 4.69) is 10.5 Å². The van der Waals surface area contributed by atoms with Gasteiger partial charge < -0.3 is 5.11 Å². The maximum absolute atomic E-state index is 11.7. The topological polar surface area (TPSA) is 165 Å². The maximum Gasteiger partial charge on any atom is 0.336 e. The third-order valence-electron chi connectivity index (χ3n) is 4.31. The number of sulfonamides is 1. The second kappa shape index (κ2) is 9.14. The fraction of sp³-hybridized carbons (Fsp3) is 0. The highest BCUT2D eigenvalue weighted by Gasteiger charge is 2.20. The Morgan fingerprint density at radius 3 is 2.25 bits per heavy atom. The molecule has 12 heteroatoms. The molecule has 0 aliphatic heterocycles. The normalized spacial score (nSPS) is 11.8. The lowest BCUT2D eigenvalue weighted by Gasteiger charge is -2.12. The molecule has 0 heterocycles. The van der Waals surface area contributed by atoms with Crippen molar-refractivity contribution >= 4 is 44.7 Å². The van der Waals surface area contributed by atoms with Crippen LogP contribution in [-0.4, -0.2) is 30.1 Å². The highest BCUT2D eigenvalue weighted by atomic mass is 35.5. The highest BCUT2D eigenvalue weighted by Crippen LogP contribution is 2.27. The molecule has 4 N–H and O–H groups in total. The Morgan fingerprint density at radius 1 is 1.06 bits per heavy atom. The predicted molar refractivity (Wildman–Crippen MR) is 119 cm³/mol. The molecule has 0 saturated carbocycles.